The van der Waals surface area contributed by atoms with Gasteiger partial charge in [-0.05, 0) is 24.1 Å². The summed E-state index contributed by atoms with van der Waals surface area (Å²) in [6, 6.07) is 12.6. The Morgan fingerprint density at radius 1 is 1.11 bits per heavy atom. The van der Waals surface area contributed by atoms with E-state index >= 15 is 0 Å². The number of benzene rings is 1. The first-order valence-corrected chi connectivity index (χ1v) is 7.02. The van der Waals surface area contributed by atoms with E-state index in [1.807, 2.05) is 37.3 Å². The van der Waals surface area contributed by atoms with Crippen LogP contribution in [0.15, 0.2) is 53.7 Å². The van der Waals surface area contributed by atoms with Crippen LogP contribution in [0.5, 0.6) is 0 Å². The predicted molar refractivity (Wildman–Crippen MR) is 69.4 cm³/mol. The fraction of sp³-hybridized carbons (Fsp3) is 0.154. The molecule has 1 aromatic heterocycles. The lowest BCUT2D eigenvalue weighted by molar-refractivity contribution is 0.577. The van der Waals surface area contributed by atoms with Gasteiger partial charge in [-0.2, -0.15) is 0 Å². The smallest absolute Gasteiger partial charge is 0.243 e. The van der Waals surface area contributed by atoms with Crippen molar-refractivity contribution in [2.75, 3.05) is 0 Å². The lowest BCUT2D eigenvalue weighted by Crippen LogP contribution is -2.24. The highest BCUT2D eigenvalue weighted by Crippen LogP contribution is 2.07. The Kier molecular flexibility index (Phi) is 3.74. The third kappa shape index (κ3) is 3.15. The SMILES string of the molecule is Cc1ccc(S(=O)(=O)NCc2ccccc2)nc1. The lowest BCUT2D eigenvalue weighted by atomic mass is 10.2. The van der Waals surface area contributed by atoms with E-state index in [1.165, 1.54) is 12.3 Å². The predicted octanol–water partition coefficient (Wildman–Crippen LogP) is 1.87. The van der Waals surface area contributed by atoms with E-state index in [1.54, 1.807) is 6.07 Å². The lowest BCUT2D eigenvalue weighted by Gasteiger charge is -2.06. The topological polar surface area (TPSA) is 59.1 Å². The maximum absolute atomic E-state index is 11.9. The van der Waals surface area contributed by atoms with Crippen LogP contribution in [0, 0.1) is 6.92 Å². The molecule has 0 saturated heterocycles. The second-order valence-corrected chi connectivity index (χ2v) is 5.70. The Morgan fingerprint density at radius 2 is 1.83 bits per heavy atom. The molecule has 0 atom stereocenters. The van der Waals surface area contributed by atoms with Crippen molar-refractivity contribution >= 4 is 10.0 Å². The molecule has 0 unspecified atom stereocenters. The van der Waals surface area contributed by atoms with Crippen molar-refractivity contribution in [1.29, 1.82) is 0 Å². The first-order valence-electron chi connectivity index (χ1n) is 5.54. The van der Waals surface area contributed by atoms with E-state index in [-0.39, 0.29) is 11.6 Å². The maximum atomic E-state index is 11.9. The number of nitrogens with zero attached hydrogens (tertiary/aromatic N) is 1. The second kappa shape index (κ2) is 5.29. The summed E-state index contributed by atoms with van der Waals surface area (Å²) in [6.07, 6.45) is 1.54. The van der Waals surface area contributed by atoms with Crippen molar-refractivity contribution in [3.63, 3.8) is 0 Å². The minimum absolute atomic E-state index is 0.0454. The van der Waals surface area contributed by atoms with E-state index in [4.69, 9.17) is 0 Å². The molecule has 0 amide bonds. The van der Waals surface area contributed by atoms with E-state index in [0.717, 1.165) is 11.1 Å². The summed E-state index contributed by atoms with van der Waals surface area (Å²) in [5.74, 6) is 0. The first-order chi connectivity index (χ1) is 8.58. The number of aryl methyl sites for hydroxylation is 1. The zero-order valence-corrected chi connectivity index (χ0v) is 10.8. The summed E-state index contributed by atoms with van der Waals surface area (Å²) in [5.41, 5.74) is 1.84. The van der Waals surface area contributed by atoms with Gasteiger partial charge in [-0.25, -0.2) is 18.1 Å². The average molecular weight is 262 g/mol. The molecule has 1 N–H and O–H groups in total. The number of sulfonamides is 1. The Hall–Kier alpha value is -1.72. The average Bonchev–Trinajstić information content (AvgIpc) is 2.38. The third-order valence-corrected chi connectivity index (χ3v) is 3.79. The summed E-state index contributed by atoms with van der Waals surface area (Å²) in [7, 11) is -3.54. The van der Waals surface area contributed by atoms with Crippen molar-refractivity contribution in [3.8, 4) is 0 Å². The molecule has 0 aliphatic heterocycles. The molecule has 0 saturated carbocycles. The van der Waals surface area contributed by atoms with Crippen molar-refractivity contribution in [3.05, 3.63) is 59.8 Å². The Morgan fingerprint density at radius 3 is 2.44 bits per heavy atom. The van der Waals surface area contributed by atoms with Gasteiger partial charge in [-0.3, -0.25) is 0 Å². The highest BCUT2D eigenvalue weighted by atomic mass is 32.2. The molecule has 94 valence electrons. The van der Waals surface area contributed by atoms with Crippen LogP contribution >= 0.6 is 0 Å². The Bertz CT molecular complexity index is 607. The number of hydrogen-bond donors (Lipinski definition) is 1. The molecular weight excluding hydrogens is 248 g/mol. The largest absolute Gasteiger partial charge is 0.258 e. The summed E-state index contributed by atoms with van der Waals surface area (Å²) in [5, 5.41) is 0.0454. The van der Waals surface area contributed by atoms with Gasteiger partial charge in [0, 0.05) is 12.7 Å². The number of aromatic nitrogens is 1. The van der Waals surface area contributed by atoms with Gasteiger partial charge >= 0.3 is 0 Å². The number of pyridine rings is 1. The van der Waals surface area contributed by atoms with Crippen LogP contribution in [0.25, 0.3) is 0 Å². The normalized spacial score (nSPS) is 11.4. The van der Waals surface area contributed by atoms with Gasteiger partial charge in [-0.15, -0.1) is 0 Å². The van der Waals surface area contributed by atoms with E-state index < -0.39 is 10.0 Å². The summed E-state index contributed by atoms with van der Waals surface area (Å²) in [6.45, 7) is 2.12. The van der Waals surface area contributed by atoms with Crippen LogP contribution in [0.3, 0.4) is 0 Å². The number of nitrogens with one attached hydrogen (secondary N) is 1. The van der Waals surface area contributed by atoms with Gasteiger partial charge < -0.3 is 0 Å². The van der Waals surface area contributed by atoms with Crippen molar-refractivity contribution < 1.29 is 8.42 Å². The molecule has 0 radical (unpaired) electrons. The molecule has 18 heavy (non-hydrogen) atoms. The highest BCUT2D eigenvalue weighted by molar-refractivity contribution is 7.89. The van der Waals surface area contributed by atoms with Gasteiger partial charge in [-0.1, -0.05) is 36.4 Å². The molecular formula is C13H14N2O2S. The minimum atomic E-state index is -3.54. The van der Waals surface area contributed by atoms with E-state index in [9.17, 15) is 8.42 Å². The highest BCUT2D eigenvalue weighted by Gasteiger charge is 2.14. The van der Waals surface area contributed by atoms with Crippen LogP contribution in [-0.2, 0) is 16.6 Å². The van der Waals surface area contributed by atoms with Crippen molar-refractivity contribution in [2.45, 2.75) is 18.5 Å². The molecule has 2 rings (SSSR count). The monoisotopic (exact) mass is 262 g/mol. The zero-order chi connectivity index (χ0) is 13.0. The van der Waals surface area contributed by atoms with E-state index in [0.29, 0.717) is 0 Å². The molecule has 2 aromatic rings. The quantitative estimate of drug-likeness (QED) is 0.915. The molecule has 4 nitrogen and oxygen atoms in total. The maximum Gasteiger partial charge on any atom is 0.258 e. The molecule has 1 heterocycles. The van der Waals surface area contributed by atoms with Gasteiger partial charge in [0.25, 0.3) is 10.0 Å². The molecule has 0 spiro atoms. The third-order valence-electron chi connectivity index (χ3n) is 2.47. The molecule has 0 aliphatic carbocycles. The minimum Gasteiger partial charge on any atom is -0.243 e. The fourth-order valence-electron chi connectivity index (χ4n) is 1.46. The first kappa shape index (κ1) is 12.7. The summed E-state index contributed by atoms with van der Waals surface area (Å²) < 4.78 is 26.4. The molecule has 1 aromatic carbocycles. The molecule has 0 aliphatic rings. The molecule has 0 bridgehead atoms. The van der Waals surface area contributed by atoms with Gasteiger partial charge in [0.2, 0.25) is 0 Å². The van der Waals surface area contributed by atoms with Crippen LogP contribution in [0.1, 0.15) is 11.1 Å². The van der Waals surface area contributed by atoms with Crippen LogP contribution in [-0.4, -0.2) is 13.4 Å². The number of rotatable bonds is 4. The summed E-state index contributed by atoms with van der Waals surface area (Å²) in [4.78, 5) is 3.91. The van der Waals surface area contributed by atoms with E-state index in [2.05, 4.69) is 9.71 Å². The zero-order valence-electron chi connectivity index (χ0n) is 10.00. The van der Waals surface area contributed by atoms with Crippen LogP contribution < -0.4 is 4.72 Å². The number of hydrogen-bond acceptors (Lipinski definition) is 3. The molecule has 5 heteroatoms. The van der Waals surface area contributed by atoms with Crippen LogP contribution in [0.2, 0.25) is 0 Å². The summed E-state index contributed by atoms with van der Waals surface area (Å²) >= 11 is 0. The van der Waals surface area contributed by atoms with Gasteiger partial charge in [0.1, 0.15) is 0 Å². The van der Waals surface area contributed by atoms with Gasteiger partial charge in [0.15, 0.2) is 5.03 Å². The van der Waals surface area contributed by atoms with Gasteiger partial charge in [0.05, 0.1) is 0 Å². The molecule has 0 fully saturated rings. The van der Waals surface area contributed by atoms with Crippen molar-refractivity contribution in [1.82, 2.24) is 9.71 Å². The standard InChI is InChI=1S/C13H14N2O2S/c1-11-7-8-13(14-9-11)18(16,17)15-10-12-5-3-2-4-6-12/h2-9,15H,10H2,1H3. The Labute approximate surface area is 107 Å². The van der Waals surface area contributed by atoms with Crippen LogP contribution in [0.4, 0.5) is 0 Å². The Balaban J connectivity index is 2.11. The second-order valence-electron chi connectivity index (χ2n) is 3.98. The fourth-order valence-corrected chi connectivity index (χ4v) is 2.40. The van der Waals surface area contributed by atoms with Crippen molar-refractivity contribution in [2.24, 2.45) is 0 Å².